The van der Waals surface area contributed by atoms with Gasteiger partial charge in [-0.2, -0.15) is 0 Å². The van der Waals surface area contributed by atoms with Gasteiger partial charge in [0.25, 0.3) is 0 Å². The lowest BCUT2D eigenvalue weighted by Gasteiger charge is -2.25. The van der Waals surface area contributed by atoms with Gasteiger partial charge in [-0.15, -0.1) is 0 Å². The Morgan fingerprint density at radius 3 is 2.72 bits per heavy atom. The highest BCUT2D eigenvalue weighted by molar-refractivity contribution is 5.97. The quantitative estimate of drug-likeness (QED) is 0.526. The summed E-state index contributed by atoms with van der Waals surface area (Å²) in [5.74, 6) is -0.448. The summed E-state index contributed by atoms with van der Waals surface area (Å²) in [6.45, 7) is 2.30. The third kappa shape index (κ3) is 4.78. The minimum absolute atomic E-state index is 0.0403. The molecule has 1 N–H and O–H groups in total. The number of hydrogen-bond acceptors (Lipinski definition) is 5. The summed E-state index contributed by atoms with van der Waals surface area (Å²) in [5.41, 5.74) is 3.84. The Kier molecular flexibility index (Phi) is 6.91. The van der Waals surface area contributed by atoms with Crippen LogP contribution in [0.3, 0.4) is 0 Å². The maximum atomic E-state index is 12.1. The van der Waals surface area contributed by atoms with Crippen LogP contribution < -0.4 is 4.90 Å². The number of carbonyl (C=O) groups is 2. The zero-order valence-electron chi connectivity index (χ0n) is 17.2. The van der Waals surface area contributed by atoms with E-state index < -0.39 is 12.0 Å². The number of unbranched alkanes of at least 4 members (excludes halogenated alkanes) is 3. The van der Waals surface area contributed by atoms with Gasteiger partial charge < -0.3 is 14.7 Å². The molecule has 1 atom stereocenters. The second-order valence-electron chi connectivity index (χ2n) is 7.58. The predicted octanol–water partition coefficient (Wildman–Crippen LogP) is 4.50. The highest BCUT2D eigenvalue weighted by Crippen LogP contribution is 2.37. The van der Waals surface area contributed by atoms with E-state index in [0.717, 1.165) is 24.0 Å². The first kappa shape index (κ1) is 20.9. The Morgan fingerprint density at radius 1 is 1.17 bits per heavy atom. The number of anilines is 1. The molecule has 0 amide bonds. The molecule has 1 heterocycles. The molecule has 0 spiro atoms. The summed E-state index contributed by atoms with van der Waals surface area (Å²) in [6, 6.07) is 13.0. The highest BCUT2D eigenvalue weighted by atomic mass is 16.5. The summed E-state index contributed by atoms with van der Waals surface area (Å²) in [7, 11) is 1.31. The van der Waals surface area contributed by atoms with Crippen LogP contribution in [-0.4, -0.2) is 36.6 Å². The van der Waals surface area contributed by atoms with Crippen LogP contribution in [0.5, 0.6) is 5.75 Å². The lowest BCUT2D eigenvalue weighted by atomic mass is 9.95. The van der Waals surface area contributed by atoms with Crippen LogP contribution in [0.2, 0.25) is 0 Å². The van der Waals surface area contributed by atoms with Crippen LogP contribution in [0.1, 0.15) is 44.6 Å². The molecule has 0 aromatic heterocycles. The molecule has 5 nitrogen and oxygen atoms in total. The van der Waals surface area contributed by atoms with Crippen LogP contribution in [0.25, 0.3) is 11.1 Å². The third-order valence-electron chi connectivity index (χ3n) is 5.53. The van der Waals surface area contributed by atoms with Gasteiger partial charge in [0.15, 0.2) is 5.78 Å². The number of phenols is 1. The number of carbonyl (C=O) groups excluding carboxylic acids is 2. The number of aryl methyl sites for hydroxylation is 1. The van der Waals surface area contributed by atoms with Crippen LogP contribution in [-0.2, 0) is 20.7 Å². The fraction of sp³-hybridized carbons (Fsp3) is 0.417. The average Bonchev–Trinajstić information content (AvgIpc) is 3.13. The number of nitrogens with zero attached hydrogens (tertiary/aromatic N) is 1. The molecule has 0 aliphatic carbocycles. The fourth-order valence-electron chi connectivity index (χ4n) is 3.97. The smallest absolute Gasteiger partial charge is 0.328 e. The number of phenolic OH excluding ortho intramolecular Hbond substituents is 1. The second-order valence-corrected chi connectivity index (χ2v) is 7.58. The molecule has 0 bridgehead atoms. The number of benzene rings is 2. The van der Waals surface area contributed by atoms with Gasteiger partial charge in [-0.1, -0.05) is 56.5 Å². The summed E-state index contributed by atoms with van der Waals surface area (Å²) in [6.07, 6.45) is 5.90. The summed E-state index contributed by atoms with van der Waals surface area (Å²) < 4.78 is 4.86. The predicted molar refractivity (Wildman–Crippen MR) is 114 cm³/mol. The van der Waals surface area contributed by atoms with Crippen molar-refractivity contribution in [1.29, 1.82) is 0 Å². The van der Waals surface area contributed by atoms with Crippen LogP contribution in [0.4, 0.5) is 5.69 Å². The standard InChI is InChI=1S/C24H29NO4/c1-3-4-5-6-9-17-10-7-8-11-20(17)18-12-13-23(27)21(14-18)25-16-19(26)15-22(25)24(28)29-2/h7-8,10-14,22,27H,3-6,9,15-16H2,1-2H3. The third-order valence-corrected chi connectivity index (χ3v) is 5.53. The first-order valence-corrected chi connectivity index (χ1v) is 10.3. The van der Waals surface area contributed by atoms with Gasteiger partial charge in [-0.3, -0.25) is 4.79 Å². The fourth-order valence-corrected chi connectivity index (χ4v) is 3.97. The van der Waals surface area contributed by atoms with Crippen molar-refractivity contribution in [3.05, 3.63) is 48.0 Å². The molecule has 1 aliphatic rings. The van der Waals surface area contributed by atoms with Gasteiger partial charge in [0.1, 0.15) is 11.8 Å². The maximum absolute atomic E-state index is 12.1. The van der Waals surface area contributed by atoms with Crippen LogP contribution in [0, 0.1) is 0 Å². The van der Waals surface area contributed by atoms with Gasteiger partial charge in [-0.25, -0.2) is 4.79 Å². The molecule has 5 heteroatoms. The highest BCUT2D eigenvalue weighted by Gasteiger charge is 2.37. The second kappa shape index (κ2) is 9.59. The van der Waals surface area contributed by atoms with E-state index in [1.54, 1.807) is 11.0 Å². The normalized spacial score (nSPS) is 16.3. The monoisotopic (exact) mass is 395 g/mol. The van der Waals surface area contributed by atoms with Crippen molar-refractivity contribution in [3.8, 4) is 16.9 Å². The Bertz CT molecular complexity index is 877. The molecule has 1 fully saturated rings. The van der Waals surface area contributed by atoms with Gasteiger partial charge in [0, 0.05) is 6.42 Å². The van der Waals surface area contributed by atoms with Gasteiger partial charge >= 0.3 is 5.97 Å². The average molecular weight is 395 g/mol. The van der Waals surface area contributed by atoms with Crippen molar-refractivity contribution in [2.75, 3.05) is 18.6 Å². The number of methoxy groups -OCH3 is 1. The number of ether oxygens (including phenoxy) is 1. The number of ketones is 1. The molecule has 0 radical (unpaired) electrons. The number of esters is 1. The van der Waals surface area contributed by atoms with Gasteiger partial charge in [0.05, 0.1) is 19.3 Å². The Morgan fingerprint density at radius 2 is 1.97 bits per heavy atom. The molecular formula is C24H29NO4. The lowest BCUT2D eigenvalue weighted by Crippen LogP contribution is -2.36. The number of Topliss-reactive ketones (excluding diaryl/α,β-unsaturated/α-hetero) is 1. The van der Waals surface area contributed by atoms with Crippen molar-refractivity contribution in [2.24, 2.45) is 0 Å². The first-order valence-electron chi connectivity index (χ1n) is 10.3. The van der Waals surface area contributed by atoms with Crippen molar-refractivity contribution >= 4 is 17.4 Å². The Hall–Kier alpha value is -2.82. The van der Waals surface area contributed by atoms with Crippen molar-refractivity contribution in [2.45, 2.75) is 51.5 Å². The molecule has 2 aromatic carbocycles. The summed E-state index contributed by atoms with van der Waals surface area (Å²) in [5, 5.41) is 10.5. The van der Waals surface area contributed by atoms with Crippen LogP contribution in [0.15, 0.2) is 42.5 Å². The Balaban J connectivity index is 1.92. The minimum Gasteiger partial charge on any atom is -0.506 e. The zero-order chi connectivity index (χ0) is 20.8. The van der Waals surface area contributed by atoms with E-state index in [2.05, 4.69) is 19.1 Å². The van der Waals surface area contributed by atoms with E-state index in [1.807, 2.05) is 24.3 Å². The van der Waals surface area contributed by atoms with Gasteiger partial charge in [-0.05, 0) is 41.7 Å². The van der Waals surface area contributed by atoms with Crippen LogP contribution >= 0.6 is 0 Å². The van der Waals surface area contributed by atoms with E-state index >= 15 is 0 Å². The largest absolute Gasteiger partial charge is 0.506 e. The van der Waals surface area contributed by atoms with E-state index in [-0.39, 0.29) is 24.5 Å². The van der Waals surface area contributed by atoms with Crippen molar-refractivity contribution in [1.82, 2.24) is 0 Å². The maximum Gasteiger partial charge on any atom is 0.328 e. The first-order chi connectivity index (χ1) is 14.0. The van der Waals surface area contributed by atoms with Crippen molar-refractivity contribution < 1.29 is 19.4 Å². The van der Waals surface area contributed by atoms with E-state index in [4.69, 9.17) is 4.74 Å². The molecule has 2 aromatic rings. The molecule has 154 valence electrons. The van der Waals surface area contributed by atoms with Gasteiger partial charge in [0.2, 0.25) is 0 Å². The van der Waals surface area contributed by atoms with E-state index in [0.29, 0.717) is 5.69 Å². The van der Waals surface area contributed by atoms with Crippen molar-refractivity contribution in [3.63, 3.8) is 0 Å². The molecule has 29 heavy (non-hydrogen) atoms. The lowest BCUT2D eigenvalue weighted by molar-refractivity contribution is -0.142. The molecule has 1 aliphatic heterocycles. The zero-order valence-corrected chi connectivity index (χ0v) is 17.2. The number of aromatic hydroxyl groups is 1. The topological polar surface area (TPSA) is 66.8 Å². The SMILES string of the molecule is CCCCCCc1ccccc1-c1ccc(O)c(N2CC(=O)CC2C(=O)OC)c1. The number of hydrogen-bond donors (Lipinski definition) is 1. The molecule has 0 saturated carbocycles. The molecule has 1 unspecified atom stereocenters. The van der Waals surface area contributed by atoms with E-state index in [1.165, 1.54) is 31.9 Å². The molecule has 3 rings (SSSR count). The summed E-state index contributed by atoms with van der Waals surface area (Å²) in [4.78, 5) is 25.8. The minimum atomic E-state index is -0.696. The Labute approximate surface area is 172 Å². The molecular weight excluding hydrogens is 366 g/mol. The number of rotatable bonds is 8. The summed E-state index contributed by atoms with van der Waals surface area (Å²) >= 11 is 0. The van der Waals surface area contributed by atoms with E-state index in [9.17, 15) is 14.7 Å². The molecule has 1 saturated heterocycles.